The zero-order chi connectivity index (χ0) is 19.2. The van der Waals surface area contributed by atoms with Gasteiger partial charge in [-0.25, -0.2) is 9.97 Å². The van der Waals surface area contributed by atoms with Gasteiger partial charge in [-0.1, -0.05) is 24.3 Å². The molecule has 1 aliphatic rings. The predicted octanol–water partition coefficient (Wildman–Crippen LogP) is 4.30. The van der Waals surface area contributed by atoms with Crippen molar-refractivity contribution in [3.63, 3.8) is 0 Å². The van der Waals surface area contributed by atoms with Gasteiger partial charge < -0.3 is 4.98 Å². The Kier molecular flexibility index (Phi) is 3.40. The second kappa shape index (κ2) is 6.20. The van der Waals surface area contributed by atoms with Crippen LogP contribution in [0.1, 0.15) is 12.1 Å². The lowest BCUT2D eigenvalue weighted by Gasteiger charge is -2.00. The van der Waals surface area contributed by atoms with Crippen LogP contribution in [0.5, 0.6) is 0 Å². The van der Waals surface area contributed by atoms with Gasteiger partial charge in [0.2, 0.25) is 0 Å². The van der Waals surface area contributed by atoms with Crippen LogP contribution in [-0.2, 0) is 0 Å². The van der Waals surface area contributed by atoms with Crippen molar-refractivity contribution < 1.29 is 0 Å². The number of pyridine rings is 3. The summed E-state index contributed by atoms with van der Waals surface area (Å²) >= 11 is 0. The third kappa shape index (κ3) is 2.55. The number of hydrogen-bond donors (Lipinski definition) is 2. The second-order valence-electron chi connectivity index (χ2n) is 6.82. The molecule has 0 aromatic carbocycles. The molecule has 7 nitrogen and oxygen atoms in total. The van der Waals surface area contributed by atoms with E-state index >= 15 is 0 Å². The van der Waals surface area contributed by atoms with Gasteiger partial charge in [-0.2, -0.15) is 5.10 Å². The van der Waals surface area contributed by atoms with Crippen LogP contribution in [0.3, 0.4) is 0 Å². The molecule has 5 heterocycles. The monoisotopic (exact) mass is 377 g/mol. The molecule has 0 saturated carbocycles. The number of aromatic amines is 2. The van der Waals surface area contributed by atoms with Gasteiger partial charge in [-0.15, -0.1) is 0 Å². The highest BCUT2D eigenvalue weighted by atomic mass is 15.2. The van der Waals surface area contributed by atoms with Crippen LogP contribution in [-0.4, -0.2) is 35.1 Å². The Bertz CT molecular complexity index is 1420. The lowest BCUT2D eigenvalue weighted by atomic mass is 10.1. The number of fused-ring (bicyclic) bond motifs is 2. The summed E-state index contributed by atoms with van der Waals surface area (Å²) in [6, 6.07) is 11.6. The average Bonchev–Trinajstić information content (AvgIpc) is 3.52. The molecule has 0 amide bonds. The number of H-pyrrole nitrogens is 2. The summed E-state index contributed by atoms with van der Waals surface area (Å²) in [6.07, 6.45) is 10.8. The molecular weight excluding hydrogens is 362 g/mol. The first-order chi connectivity index (χ1) is 14.4. The van der Waals surface area contributed by atoms with Gasteiger partial charge in [-0.05, 0) is 42.3 Å². The van der Waals surface area contributed by atoms with Crippen LogP contribution >= 0.6 is 0 Å². The van der Waals surface area contributed by atoms with E-state index in [1.54, 1.807) is 12.4 Å². The van der Waals surface area contributed by atoms with E-state index in [4.69, 9.17) is 9.97 Å². The maximum atomic E-state index is 4.82. The fourth-order valence-corrected chi connectivity index (χ4v) is 3.61. The van der Waals surface area contributed by atoms with Crippen molar-refractivity contribution in [1.29, 1.82) is 0 Å². The Morgan fingerprint density at radius 3 is 2.62 bits per heavy atom. The molecule has 5 aromatic heterocycles. The summed E-state index contributed by atoms with van der Waals surface area (Å²) in [5.74, 6) is 0.661. The molecule has 7 heteroatoms. The molecule has 5 aromatic rings. The highest BCUT2D eigenvalue weighted by Crippen LogP contribution is 2.30. The van der Waals surface area contributed by atoms with Crippen LogP contribution < -0.4 is 0 Å². The van der Waals surface area contributed by atoms with Crippen LogP contribution in [0, 0.1) is 0 Å². The van der Waals surface area contributed by atoms with E-state index in [0.29, 0.717) is 11.5 Å². The lowest BCUT2D eigenvalue weighted by molar-refractivity contribution is 1.10. The number of rotatable bonds is 3. The van der Waals surface area contributed by atoms with Crippen molar-refractivity contribution in [3.05, 3.63) is 72.7 Å². The van der Waals surface area contributed by atoms with Crippen LogP contribution in [0.15, 0.2) is 67.0 Å². The van der Waals surface area contributed by atoms with Crippen LogP contribution in [0.4, 0.5) is 0 Å². The molecule has 0 spiro atoms. The standard InChI is InChI=1S/C22H15N7/c1-2-6-13(5-1)18-19-16(10-12-24-18)26-22(27-19)21-20-17(28-29-21)9-8-15(25-20)14-7-3-4-11-23-14/h1,3-12H,2H2,(H,26,27)(H,28,29). The maximum Gasteiger partial charge on any atom is 0.161 e. The molecule has 0 unspecified atom stereocenters. The van der Waals surface area contributed by atoms with E-state index in [1.165, 1.54) is 0 Å². The third-order valence-electron chi connectivity index (χ3n) is 5.00. The molecule has 29 heavy (non-hydrogen) atoms. The minimum Gasteiger partial charge on any atom is -0.336 e. The Hall–Kier alpha value is -4.13. The quantitative estimate of drug-likeness (QED) is 0.489. The third-order valence-corrected chi connectivity index (χ3v) is 5.00. The van der Waals surface area contributed by atoms with Crippen molar-refractivity contribution in [2.75, 3.05) is 0 Å². The van der Waals surface area contributed by atoms with Gasteiger partial charge in [-0.3, -0.25) is 15.1 Å². The van der Waals surface area contributed by atoms with E-state index in [-0.39, 0.29) is 0 Å². The molecule has 138 valence electrons. The number of imidazole rings is 1. The van der Waals surface area contributed by atoms with Gasteiger partial charge in [0, 0.05) is 12.4 Å². The topological polar surface area (TPSA) is 96.0 Å². The molecular formula is C22H15N7. The predicted molar refractivity (Wildman–Crippen MR) is 112 cm³/mol. The summed E-state index contributed by atoms with van der Waals surface area (Å²) in [6.45, 7) is 0. The fraction of sp³-hybridized carbons (Fsp3) is 0.0455. The number of nitrogens with zero attached hydrogens (tertiary/aromatic N) is 5. The van der Waals surface area contributed by atoms with Gasteiger partial charge in [0.15, 0.2) is 11.5 Å². The Morgan fingerprint density at radius 2 is 1.76 bits per heavy atom. The van der Waals surface area contributed by atoms with Gasteiger partial charge >= 0.3 is 0 Å². The number of allylic oxidation sites excluding steroid dienone is 4. The molecule has 1 aliphatic carbocycles. The minimum absolute atomic E-state index is 0.661. The van der Waals surface area contributed by atoms with Crippen molar-refractivity contribution in [1.82, 2.24) is 35.1 Å². The van der Waals surface area contributed by atoms with Crippen LogP contribution in [0.25, 0.3) is 50.5 Å². The Balaban J connectivity index is 1.52. The summed E-state index contributed by atoms with van der Waals surface area (Å²) in [7, 11) is 0. The number of hydrogen-bond acceptors (Lipinski definition) is 5. The smallest absolute Gasteiger partial charge is 0.161 e. The maximum absolute atomic E-state index is 4.82. The van der Waals surface area contributed by atoms with Crippen molar-refractivity contribution in [2.45, 2.75) is 6.42 Å². The van der Waals surface area contributed by atoms with E-state index < -0.39 is 0 Å². The molecule has 0 bridgehead atoms. The molecule has 2 N–H and O–H groups in total. The first kappa shape index (κ1) is 15.9. The van der Waals surface area contributed by atoms with Gasteiger partial charge in [0.05, 0.1) is 28.1 Å². The van der Waals surface area contributed by atoms with Crippen molar-refractivity contribution >= 4 is 27.6 Å². The first-order valence-corrected chi connectivity index (χ1v) is 9.35. The molecule has 0 aliphatic heterocycles. The fourth-order valence-electron chi connectivity index (χ4n) is 3.61. The van der Waals surface area contributed by atoms with Gasteiger partial charge in [0.1, 0.15) is 11.0 Å². The molecule has 0 fully saturated rings. The summed E-state index contributed by atoms with van der Waals surface area (Å²) in [4.78, 5) is 21.9. The highest BCUT2D eigenvalue weighted by molar-refractivity contribution is 5.95. The molecule has 0 saturated heterocycles. The zero-order valence-electron chi connectivity index (χ0n) is 15.3. The average molecular weight is 377 g/mol. The Labute approximate surface area is 165 Å². The number of aromatic nitrogens is 7. The van der Waals surface area contributed by atoms with Gasteiger partial charge in [0.25, 0.3) is 0 Å². The van der Waals surface area contributed by atoms with Crippen molar-refractivity contribution in [3.8, 4) is 22.9 Å². The van der Waals surface area contributed by atoms with E-state index in [0.717, 1.165) is 51.1 Å². The molecule has 0 radical (unpaired) electrons. The van der Waals surface area contributed by atoms with Crippen LogP contribution in [0.2, 0.25) is 0 Å². The second-order valence-corrected chi connectivity index (χ2v) is 6.82. The van der Waals surface area contributed by atoms with E-state index in [9.17, 15) is 0 Å². The molecule has 0 atom stereocenters. The Morgan fingerprint density at radius 1 is 0.793 bits per heavy atom. The summed E-state index contributed by atoms with van der Waals surface area (Å²) < 4.78 is 0. The first-order valence-electron chi connectivity index (χ1n) is 9.35. The summed E-state index contributed by atoms with van der Waals surface area (Å²) in [5, 5.41) is 7.52. The SMILES string of the molecule is C1=CC(c2nccc3[nH]c(-c4n[nH]c5ccc(-c6ccccn6)nc45)nc23)=CC1. The zero-order valence-corrected chi connectivity index (χ0v) is 15.3. The van der Waals surface area contributed by atoms with Crippen molar-refractivity contribution in [2.24, 2.45) is 0 Å². The highest BCUT2D eigenvalue weighted by Gasteiger charge is 2.18. The summed E-state index contributed by atoms with van der Waals surface area (Å²) in [5.41, 5.74) is 7.60. The lowest BCUT2D eigenvalue weighted by Crippen LogP contribution is -1.89. The molecule has 6 rings (SSSR count). The largest absolute Gasteiger partial charge is 0.336 e. The normalized spacial score (nSPS) is 13.4. The number of nitrogens with one attached hydrogen (secondary N) is 2. The minimum atomic E-state index is 0.661. The van der Waals surface area contributed by atoms with E-state index in [2.05, 4.69) is 43.4 Å². The van der Waals surface area contributed by atoms with E-state index in [1.807, 2.05) is 36.4 Å².